The minimum absolute atomic E-state index is 0.00550. The number of amides is 3. The third kappa shape index (κ3) is 4.46. The van der Waals surface area contributed by atoms with Gasteiger partial charge in [0.2, 0.25) is 11.8 Å². The number of benzene rings is 2. The maximum Gasteiger partial charge on any atom is 0.269 e. The summed E-state index contributed by atoms with van der Waals surface area (Å²) in [5, 5.41) is 3.20. The molecule has 32 heavy (non-hydrogen) atoms. The molecule has 0 radical (unpaired) electrons. The first-order valence-electron chi connectivity index (χ1n) is 9.72. The molecule has 0 saturated heterocycles. The maximum absolute atomic E-state index is 13.3. The quantitative estimate of drug-likeness (QED) is 0.633. The Balaban J connectivity index is 1.95. The normalized spacial score (nSPS) is 15.2. The molecule has 3 amide bonds. The van der Waals surface area contributed by atoms with Crippen LogP contribution in [-0.4, -0.2) is 55.0 Å². The molecular formula is C21H21Cl2N3O5S. The lowest BCUT2D eigenvalue weighted by molar-refractivity contribution is -0.141. The number of nitrogens with one attached hydrogen (secondary N) is 1. The predicted octanol–water partition coefficient (Wildman–Crippen LogP) is 2.69. The van der Waals surface area contributed by atoms with Crippen molar-refractivity contribution in [1.29, 1.82) is 0 Å². The highest BCUT2D eigenvalue weighted by atomic mass is 35.5. The van der Waals surface area contributed by atoms with Gasteiger partial charge in [-0.15, -0.1) is 0 Å². The van der Waals surface area contributed by atoms with E-state index in [1.807, 2.05) is 0 Å². The average Bonchev–Trinajstić information content (AvgIpc) is 2.95. The third-order valence-electron chi connectivity index (χ3n) is 5.18. The van der Waals surface area contributed by atoms with Crippen molar-refractivity contribution in [2.24, 2.45) is 0 Å². The highest BCUT2D eigenvalue weighted by Gasteiger charge is 2.43. The molecule has 8 nitrogen and oxygen atoms in total. The van der Waals surface area contributed by atoms with E-state index in [0.29, 0.717) is 19.9 Å². The lowest BCUT2D eigenvalue weighted by atomic mass is 10.1. The average molecular weight is 498 g/mol. The number of hydrogen-bond donors (Lipinski definition) is 1. The van der Waals surface area contributed by atoms with Crippen LogP contribution in [0.1, 0.15) is 29.3 Å². The van der Waals surface area contributed by atoms with Gasteiger partial charge in [0.15, 0.2) is 0 Å². The van der Waals surface area contributed by atoms with Crippen molar-refractivity contribution in [2.45, 2.75) is 30.8 Å². The molecule has 2 aromatic rings. The van der Waals surface area contributed by atoms with E-state index >= 15 is 0 Å². The van der Waals surface area contributed by atoms with E-state index in [0.717, 1.165) is 0 Å². The van der Waals surface area contributed by atoms with E-state index in [4.69, 9.17) is 23.2 Å². The smallest absolute Gasteiger partial charge is 0.269 e. The molecule has 170 valence electrons. The van der Waals surface area contributed by atoms with Gasteiger partial charge in [0, 0.05) is 23.6 Å². The first kappa shape index (κ1) is 24.0. The Morgan fingerprint density at radius 3 is 2.44 bits per heavy atom. The molecule has 11 heteroatoms. The molecule has 0 unspecified atom stereocenters. The number of halogens is 2. The van der Waals surface area contributed by atoms with Crippen molar-refractivity contribution in [3.05, 3.63) is 63.6 Å². The number of rotatable bonds is 7. The molecule has 1 aliphatic heterocycles. The van der Waals surface area contributed by atoms with Crippen LogP contribution in [0.5, 0.6) is 0 Å². The summed E-state index contributed by atoms with van der Waals surface area (Å²) in [6.07, 6.45) is 0.261. The van der Waals surface area contributed by atoms with Crippen LogP contribution in [0.15, 0.2) is 47.4 Å². The first-order valence-corrected chi connectivity index (χ1v) is 11.9. The minimum Gasteiger partial charge on any atom is -0.357 e. The molecule has 0 fully saturated rings. The van der Waals surface area contributed by atoms with Gasteiger partial charge in [0.25, 0.3) is 15.9 Å². The number of fused-ring (bicyclic) bond motifs is 1. The molecule has 1 N–H and O–H groups in total. The molecule has 1 atom stereocenters. The van der Waals surface area contributed by atoms with E-state index in [9.17, 15) is 22.8 Å². The van der Waals surface area contributed by atoms with E-state index in [2.05, 4.69) is 5.32 Å². The van der Waals surface area contributed by atoms with Gasteiger partial charge in [0.05, 0.1) is 5.56 Å². The Bertz CT molecular complexity index is 1190. The fourth-order valence-corrected chi connectivity index (χ4v) is 5.51. The molecule has 1 aliphatic rings. The third-order valence-corrected chi connectivity index (χ3v) is 7.55. The van der Waals surface area contributed by atoms with Crippen LogP contribution in [0, 0.1) is 0 Å². The lowest BCUT2D eigenvalue weighted by Crippen LogP contribution is -2.51. The van der Waals surface area contributed by atoms with Crippen molar-refractivity contribution in [1.82, 2.24) is 14.5 Å². The molecular weight excluding hydrogens is 477 g/mol. The van der Waals surface area contributed by atoms with Crippen LogP contribution in [0.2, 0.25) is 10.0 Å². The second-order valence-electron chi connectivity index (χ2n) is 7.11. The van der Waals surface area contributed by atoms with Crippen molar-refractivity contribution in [3.63, 3.8) is 0 Å². The summed E-state index contributed by atoms with van der Waals surface area (Å²) >= 11 is 12.2. The van der Waals surface area contributed by atoms with E-state index < -0.39 is 40.3 Å². The van der Waals surface area contributed by atoms with Gasteiger partial charge in [0.1, 0.15) is 17.5 Å². The van der Waals surface area contributed by atoms with E-state index in [-0.39, 0.29) is 23.4 Å². The van der Waals surface area contributed by atoms with Crippen LogP contribution < -0.4 is 5.32 Å². The monoisotopic (exact) mass is 497 g/mol. The van der Waals surface area contributed by atoms with Crippen LogP contribution in [0.25, 0.3) is 0 Å². The molecule has 2 aromatic carbocycles. The molecule has 0 spiro atoms. The zero-order chi connectivity index (χ0) is 23.6. The fraction of sp³-hybridized carbons (Fsp3) is 0.286. The van der Waals surface area contributed by atoms with Gasteiger partial charge in [-0.25, -0.2) is 12.7 Å². The SMILES string of the molecule is CC[C@H](C(=O)NC)N(Cc1ccc(Cl)cc1Cl)C(=O)CN1C(=O)c2ccccc2S1(=O)=O. The summed E-state index contributed by atoms with van der Waals surface area (Å²) < 4.78 is 26.2. The summed E-state index contributed by atoms with van der Waals surface area (Å²) in [4.78, 5) is 39.6. The van der Waals surface area contributed by atoms with E-state index in [1.54, 1.807) is 25.1 Å². The van der Waals surface area contributed by atoms with Crippen molar-refractivity contribution in [3.8, 4) is 0 Å². The molecule has 0 saturated carbocycles. The summed E-state index contributed by atoms with van der Waals surface area (Å²) in [7, 11) is -2.74. The molecule has 1 heterocycles. The highest BCUT2D eigenvalue weighted by molar-refractivity contribution is 7.90. The second-order valence-corrected chi connectivity index (χ2v) is 9.78. The van der Waals surface area contributed by atoms with Gasteiger partial charge in [-0.05, 0) is 36.2 Å². The Morgan fingerprint density at radius 2 is 1.84 bits per heavy atom. The largest absolute Gasteiger partial charge is 0.357 e. The number of nitrogens with zero attached hydrogens (tertiary/aromatic N) is 2. The van der Waals surface area contributed by atoms with Gasteiger partial charge in [-0.2, -0.15) is 0 Å². The zero-order valence-corrected chi connectivity index (χ0v) is 19.7. The van der Waals surface area contributed by atoms with Crippen LogP contribution in [0.3, 0.4) is 0 Å². The van der Waals surface area contributed by atoms with Gasteiger partial charge in [-0.1, -0.05) is 48.3 Å². The summed E-state index contributed by atoms with van der Waals surface area (Å²) in [6.45, 7) is 0.904. The van der Waals surface area contributed by atoms with E-state index in [1.165, 1.54) is 36.2 Å². The first-order chi connectivity index (χ1) is 15.1. The fourth-order valence-electron chi connectivity index (χ4n) is 3.52. The Morgan fingerprint density at radius 1 is 1.16 bits per heavy atom. The van der Waals surface area contributed by atoms with Crippen LogP contribution >= 0.6 is 23.2 Å². The van der Waals surface area contributed by atoms with Gasteiger partial charge >= 0.3 is 0 Å². The number of carbonyl (C=O) groups is 3. The molecule has 0 bridgehead atoms. The zero-order valence-electron chi connectivity index (χ0n) is 17.3. The Hall–Kier alpha value is -2.62. The number of carbonyl (C=O) groups excluding carboxylic acids is 3. The molecule has 0 aromatic heterocycles. The van der Waals surface area contributed by atoms with Crippen molar-refractivity contribution < 1.29 is 22.8 Å². The standard InChI is InChI=1S/C21H21Cl2N3O5S/c1-3-17(20(28)24-2)25(11-13-8-9-14(22)10-16(13)23)19(27)12-26-21(29)15-6-4-5-7-18(15)32(26,30)31/h4-10,17H,3,11-12H2,1-2H3,(H,24,28)/t17-/m1/s1. The Labute approximate surface area is 196 Å². The molecule has 0 aliphatic carbocycles. The van der Waals surface area contributed by atoms with Crippen LogP contribution in [-0.2, 0) is 26.2 Å². The molecule has 3 rings (SSSR count). The van der Waals surface area contributed by atoms with Crippen molar-refractivity contribution >= 4 is 50.9 Å². The van der Waals surface area contributed by atoms with Gasteiger partial charge < -0.3 is 10.2 Å². The second kappa shape index (κ2) is 9.48. The lowest BCUT2D eigenvalue weighted by Gasteiger charge is -2.31. The number of sulfonamides is 1. The van der Waals surface area contributed by atoms with Gasteiger partial charge in [-0.3, -0.25) is 14.4 Å². The summed E-state index contributed by atoms with van der Waals surface area (Å²) in [5.74, 6) is -1.92. The summed E-state index contributed by atoms with van der Waals surface area (Å²) in [5.41, 5.74) is 0.525. The number of hydrogen-bond acceptors (Lipinski definition) is 5. The minimum atomic E-state index is -4.18. The maximum atomic E-state index is 13.3. The van der Waals surface area contributed by atoms with Crippen LogP contribution in [0.4, 0.5) is 0 Å². The highest BCUT2D eigenvalue weighted by Crippen LogP contribution is 2.30. The number of likely N-dealkylation sites (N-methyl/N-ethyl adjacent to an activating group) is 1. The van der Waals surface area contributed by atoms with Crippen molar-refractivity contribution in [2.75, 3.05) is 13.6 Å². The summed E-state index contributed by atoms with van der Waals surface area (Å²) in [6, 6.07) is 9.58. The predicted molar refractivity (Wildman–Crippen MR) is 120 cm³/mol. The Kier molecular flexibility index (Phi) is 7.12. The topological polar surface area (TPSA) is 104 Å².